The Morgan fingerprint density at radius 3 is 2.23 bits per heavy atom. The van der Waals surface area contributed by atoms with Crippen LogP contribution in [0.25, 0.3) is 0 Å². The summed E-state index contributed by atoms with van der Waals surface area (Å²) in [6.07, 6.45) is 0. The molecule has 0 spiro atoms. The maximum absolute atomic E-state index is 12.3. The average Bonchev–Trinajstić information content (AvgIpc) is 2.75. The van der Waals surface area contributed by atoms with Crippen LogP contribution in [-0.4, -0.2) is 37.0 Å². The van der Waals surface area contributed by atoms with Gasteiger partial charge in [0.15, 0.2) is 13.2 Å². The molecule has 0 aromatic heterocycles. The minimum Gasteiger partial charge on any atom is -0.484 e. The fourth-order valence-corrected chi connectivity index (χ4v) is 2.43. The van der Waals surface area contributed by atoms with E-state index >= 15 is 0 Å². The number of ether oxygens (including phenoxy) is 2. The average molecular weight is 409 g/mol. The largest absolute Gasteiger partial charge is 0.484 e. The van der Waals surface area contributed by atoms with Gasteiger partial charge in [0.2, 0.25) is 0 Å². The molecule has 30 heavy (non-hydrogen) atoms. The van der Waals surface area contributed by atoms with Crippen molar-refractivity contribution in [3.8, 4) is 11.8 Å². The van der Waals surface area contributed by atoms with Crippen molar-refractivity contribution in [2.24, 2.45) is 5.92 Å². The fraction of sp³-hybridized carbons (Fsp3) is 0.273. The molecule has 156 valence electrons. The van der Waals surface area contributed by atoms with Crippen LogP contribution in [0.4, 0.5) is 5.69 Å². The molecule has 0 aliphatic heterocycles. The summed E-state index contributed by atoms with van der Waals surface area (Å²) in [5, 5.41) is 13.9. The van der Waals surface area contributed by atoms with Crippen LogP contribution in [0.1, 0.15) is 19.4 Å². The number of hydrogen-bond acceptors (Lipinski definition) is 6. The summed E-state index contributed by atoms with van der Waals surface area (Å²) >= 11 is 0. The molecule has 0 radical (unpaired) electrons. The van der Waals surface area contributed by atoms with E-state index in [0.29, 0.717) is 17.0 Å². The molecule has 0 saturated heterocycles. The van der Waals surface area contributed by atoms with E-state index in [1.807, 2.05) is 12.1 Å². The third kappa shape index (κ3) is 7.28. The lowest BCUT2D eigenvalue weighted by atomic mass is 10.0. The Bertz CT molecular complexity index is 905. The molecule has 0 heterocycles. The van der Waals surface area contributed by atoms with Gasteiger partial charge in [-0.15, -0.1) is 0 Å². The Morgan fingerprint density at radius 2 is 1.63 bits per heavy atom. The minimum atomic E-state index is -0.917. The minimum absolute atomic E-state index is 0.250. The molecular weight excluding hydrogens is 386 g/mol. The van der Waals surface area contributed by atoms with E-state index in [1.165, 1.54) is 0 Å². The topological polar surface area (TPSA) is 118 Å². The number of nitrogens with zero attached hydrogens (tertiary/aromatic N) is 1. The van der Waals surface area contributed by atoms with Gasteiger partial charge in [-0.1, -0.05) is 32.0 Å². The van der Waals surface area contributed by atoms with Crippen LogP contribution in [0.2, 0.25) is 0 Å². The second-order valence-corrected chi connectivity index (χ2v) is 6.74. The highest BCUT2D eigenvalue weighted by molar-refractivity contribution is 5.93. The smallest absolute Gasteiger partial charge is 0.329 e. The van der Waals surface area contributed by atoms with Crippen LogP contribution < -0.4 is 15.4 Å². The summed E-state index contributed by atoms with van der Waals surface area (Å²) in [7, 11) is 0. The van der Waals surface area contributed by atoms with E-state index in [-0.39, 0.29) is 12.5 Å². The van der Waals surface area contributed by atoms with Crippen molar-refractivity contribution in [1.29, 1.82) is 5.26 Å². The first-order valence-electron chi connectivity index (χ1n) is 9.33. The molecule has 2 N–H and O–H groups in total. The van der Waals surface area contributed by atoms with Crippen LogP contribution in [0.5, 0.6) is 5.75 Å². The second kappa shape index (κ2) is 11.2. The van der Waals surface area contributed by atoms with Crippen molar-refractivity contribution >= 4 is 23.5 Å². The van der Waals surface area contributed by atoms with Crippen molar-refractivity contribution in [3.63, 3.8) is 0 Å². The number of rotatable bonds is 9. The predicted octanol–water partition coefficient (Wildman–Crippen LogP) is 2.26. The number of carbonyl (C=O) groups is 3. The molecule has 8 nitrogen and oxygen atoms in total. The van der Waals surface area contributed by atoms with Crippen LogP contribution in [0, 0.1) is 17.2 Å². The Kier molecular flexibility index (Phi) is 8.39. The molecule has 0 unspecified atom stereocenters. The second-order valence-electron chi connectivity index (χ2n) is 6.74. The standard InChI is InChI=1S/C22H23N3O5/c1-15(2)21(25-20(27)13-29-18-6-4-3-5-7-18)22(28)30-14-19(26)24-17-10-8-16(12-23)9-11-17/h3-11,15,21H,13-14H2,1-2H3,(H,24,26)(H,25,27)/t21-/m0/s1. The number of carbonyl (C=O) groups excluding carboxylic acids is 3. The lowest BCUT2D eigenvalue weighted by Crippen LogP contribution is -2.47. The lowest BCUT2D eigenvalue weighted by Gasteiger charge is -2.20. The number of nitrogens with one attached hydrogen (secondary N) is 2. The number of esters is 1. The first-order valence-corrected chi connectivity index (χ1v) is 9.33. The van der Waals surface area contributed by atoms with Gasteiger partial charge in [-0.05, 0) is 42.3 Å². The quantitative estimate of drug-likeness (QED) is 0.614. The number of amides is 2. The highest BCUT2D eigenvalue weighted by Crippen LogP contribution is 2.10. The van der Waals surface area contributed by atoms with Gasteiger partial charge in [0.05, 0.1) is 11.6 Å². The van der Waals surface area contributed by atoms with E-state index in [2.05, 4.69) is 10.6 Å². The molecule has 2 aromatic rings. The summed E-state index contributed by atoms with van der Waals surface area (Å²) in [6, 6.07) is 16.1. The molecule has 2 aromatic carbocycles. The third-order valence-electron chi connectivity index (χ3n) is 3.99. The third-order valence-corrected chi connectivity index (χ3v) is 3.99. The molecule has 2 rings (SSSR count). The van der Waals surface area contributed by atoms with Gasteiger partial charge in [-0.2, -0.15) is 5.26 Å². The zero-order valence-electron chi connectivity index (χ0n) is 16.8. The number of anilines is 1. The summed E-state index contributed by atoms with van der Waals surface area (Å²) in [5.74, 6) is -1.44. The van der Waals surface area contributed by atoms with Gasteiger partial charge in [0.25, 0.3) is 11.8 Å². The van der Waals surface area contributed by atoms with Gasteiger partial charge in [0.1, 0.15) is 11.8 Å². The highest BCUT2D eigenvalue weighted by atomic mass is 16.5. The summed E-state index contributed by atoms with van der Waals surface area (Å²) in [4.78, 5) is 36.4. The van der Waals surface area contributed by atoms with E-state index in [9.17, 15) is 14.4 Å². The summed E-state index contributed by atoms with van der Waals surface area (Å²) in [5.41, 5.74) is 0.938. The Labute approximate surface area is 174 Å². The van der Waals surface area contributed by atoms with E-state index < -0.39 is 30.4 Å². The molecule has 1 atom stereocenters. The van der Waals surface area contributed by atoms with E-state index in [1.54, 1.807) is 62.4 Å². The molecule has 2 amide bonds. The van der Waals surface area contributed by atoms with Crippen molar-refractivity contribution in [3.05, 3.63) is 60.2 Å². The predicted molar refractivity (Wildman–Crippen MR) is 109 cm³/mol. The number of hydrogen-bond donors (Lipinski definition) is 2. The zero-order chi connectivity index (χ0) is 21.9. The van der Waals surface area contributed by atoms with Crippen molar-refractivity contribution in [2.45, 2.75) is 19.9 Å². The first kappa shape index (κ1) is 22.4. The monoisotopic (exact) mass is 409 g/mol. The Balaban J connectivity index is 1.81. The molecule has 8 heteroatoms. The van der Waals surface area contributed by atoms with Crippen molar-refractivity contribution in [1.82, 2.24) is 5.32 Å². The summed E-state index contributed by atoms with van der Waals surface area (Å²) in [6.45, 7) is 2.75. The van der Waals surface area contributed by atoms with Crippen LogP contribution in [0.15, 0.2) is 54.6 Å². The van der Waals surface area contributed by atoms with Gasteiger partial charge < -0.3 is 20.1 Å². The van der Waals surface area contributed by atoms with Gasteiger partial charge >= 0.3 is 5.97 Å². The van der Waals surface area contributed by atoms with Crippen molar-refractivity contribution in [2.75, 3.05) is 18.5 Å². The van der Waals surface area contributed by atoms with E-state index in [4.69, 9.17) is 14.7 Å². The molecule has 0 aliphatic carbocycles. The number of benzene rings is 2. The van der Waals surface area contributed by atoms with Crippen molar-refractivity contribution < 1.29 is 23.9 Å². The molecule has 0 saturated carbocycles. The lowest BCUT2D eigenvalue weighted by molar-refractivity contribution is -0.152. The Hall–Kier alpha value is -3.86. The molecule has 0 aliphatic rings. The van der Waals surface area contributed by atoms with Crippen LogP contribution >= 0.6 is 0 Å². The normalized spacial score (nSPS) is 11.1. The van der Waals surface area contributed by atoms with Crippen LogP contribution in [0.3, 0.4) is 0 Å². The maximum atomic E-state index is 12.3. The van der Waals surface area contributed by atoms with Gasteiger partial charge in [0, 0.05) is 5.69 Å². The van der Waals surface area contributed by atoms with Gasteiger partial charge in [-0.25, -0.2) is 4.79 Å². The fourth-order valence-electron chi connectivity index (χ4n) is 2.43. The van der Waals surface area contributed by atoms with Gasteiger partial charge in [-0.3, -0.25) is 9.59 Å². The molecule has 0 bridgehead atoms. The summed E-state index contributed by atoms with van der Waals surface area (Å²) < 4.78 is 10.4. The number of nitriles is 1. The van der Waals surface area contributed by atoms with Crippen LogP contribution in [-0.2, 0) is 19.1 Å². The maximum Gasteiger partial charge on any atom is 0.329 e. The molecular formula is C22H23N3O5. The highest BCUT2D eigenvalue weighted by Gasteiger charge is 2.26. The molecule has 0 fully saturated rings. The first-order chi connectivity index (χ1) is 14.4. The SMILES string of the molecule is CC(C)[C@H](NC(=O)COc1ccccc1)C(=O)OCC(=O)Nc1ccc(C#N)cc1. The number of para-hydroxylation sites is 1. The zero-order valence-corrected chi connectivity index (χ0v) is 16.8. The Morgan fingerprint density at radius 1 is 0.967 bits per heavy atom. The van der Waals surface area contributed by atoms with E-state index in [0.717, 1.165) is 0 Å².